The second kappa shape index (κ2) is 7.65. The van der Waals surface area contributed by atoms with E-state index in [9.17, 15) is 5.11 Å². The minimum absolute atomic E-state index is 0.130. The molecule has 1 aromatic carbocycles. The Hall–Kier alpha value is -1.06. The van der Waals surface area contributed by atoms with Gasteiger partial charge in [-0.2, -0.15) is 0 Å². The molecule has 1 fully saturated rings. The van der Waals surface area contributed by atoms with Gasteiger partial charge in [0.05, 0.1) is 6.61 Å². The molecule has 2 rings (SSSR count). The molecule has 0 heterocycles. The van der Waals surface area contributed by atoms with Crippen LogP contribution < -0.4 is 10.6 Å². The van der Waals surface area contributed by atoms with Crippen LogP contribution in [0.15, 0.2) is 24.3 Å². The summed E-state index contributed by atoms with van der Waals surface area (Å²) in [6, 6.07) is 9.31. The van der Waals surface area contributed by atoms with Crippen LogP contribution in [0.4, 0.5) is 5.69 Å². The third-order valence-electron chi connectivity index (χ3n) is 4.45. The number of hydrogen-bond donors (Lipinski definition) is 2. The van der Waals surface area contributed by atoms with Gasteiger partial charge < -0.3 is 15.7 Å². The fourth-order valence-electron chi connectivity index (χ4n) is 3.17. The van der Waals surface area contributed by atoms with Gasteiger partial charge in [-0.25, -0.2) is 0 Å². The molecule has 3 nitrogen and oxygen atoms in total. The maximum absolute atomic E-state index is 9.35. The minimum atomic E-state index is 0.130. The van der Waals surface area contributed by atoms with Crippen molar-refractivity contribution in [3.63, 3.8) is 0 Å². The van der Waals surface area contributed by atoms with Crippen molar-refractivity contribution in [1.29, 1.82) is 0 Å². The van der Waals surface area contributed by atoms with E-state index in [1.165, 1.54) is 43.4 Å². The monoisotopic (exact) mass is 276 g/mol. The van der Waals surface area contributed by atoms with Crippen LogP contribution in [0.1, 0.15) is 57.1 Å². The van der Waals surface area contributed by atoms with Crippen molar-refractivity contribution in [3.8, 4) is 0 Å². The van der Waals surface area contributed by atoms with Gasteiger partial charge in [0.2, 0.25) is 0 Å². The van der Waals surface area contributed by atoms with Crippen molar-refractivity contribution >= 4 is 5.69 Å². The van der Waals surface area contributed by atoms with Gasteiger partial charge in [-0.3, -0.25) is 0 Å². The van der Waals surface area contributed by atoms with E-state index in [0.717, 1.165) is 13.0 Å². The molecule has 3 heteroatoms. The van der Waals surface area contributed by atoms with Gasteiger partial charge in [0, 0.05) is 24.3 Å². The topological polar surface area (TPSA) is 49.5 Å². The summed E-state index contributed by atoms with van der Waals surface area (Å²) in [5.41, 5.74) is 8.49. The molecular formula is C17H28N2O. The van der Waals surface area contributed by atoms with E-state index in [1.807, 2.05) is 0 Å². The molecule has 1 aliphatic carbocycles. The molecule has 3 N–H and O–H groups in total. The second-order valence-electron chi connectivity index (χ2n) is 5.82. The SMILES string of the molecule is CC[C@@H](N)c1ccc(N(CCO)C2CCCCC2)cc1. The van der Waals surface area contributed by atoms with Crippen LogP contribution in [-0.2, 0) is 0 Å². The molecule has 0 bridgehead atoms. The lowest BCUT2D eigenvalue weighted by atomic mass is 9.93. The summed E-state index contributed by atoms with van der Waals surface area (Å²) in [6.45, 7) is 3.05. The van der Waals surface area contributed by atoms with Crippen molar-refractivity contribution in [1.82, 2.24) is 0 Å². The highest BCUT2D eigenvalue weighted by Gasteiger charge is 2.21. The van der Waals surface area contributed by atoms with Crippen molar-refractivity contribution in [2.75, 3.05) is 18.1 Å². The van der Waals surface area contributed by atoms with Crippen LogP contribution in [0.25, 0.3) is 0 Å². The van der Waals surface area contributed by atoms with Gasteiger partial charge in [-0.05, 0) is 37.0 Å². The first kappa shape index (κ1) is 15.3. The number of anilines is 1. The Balaban J connectivity index is 2.11. The molecule has 0 saturated heterocycles. The molecule has 112 valence electrons. The van der Waals surface area contributed by atoms with Crippen molar-refractivity contribution in [2.45, 2.75) is 57.5 Å². The van der Waals surface area contributed by atoms with Crippen molar-refractivity contribution < 1.29 is 5.11 Å². The zero-order valence-corrected chi connectivity index (χ0v) is 12.6. The third-order valence-corrected chi connectivity index (χ3v) is 4.45. The number of nitrogens with zero attached hydrogens (tertiary/aromatic N) is 1. The fourth-order valence-corrected chi connectivity index (χ4v) is 3.17. The third kappa shape index (κ3) is 3.74. The average Bonchev–Trinajstić information content (AvgIpc) is 2.53. The average molecular weight is 276 g/mol. The summed E-state index contributed by atoms with van der Waals surface area (Å²) in [7, 11) is 0. The van der Waals surface area contributed by atoms with Crippen molar-refractivity contribution in [2.24, 2.45) is 5.73 Å². The summed E-state index contributed by atoms with van der Waals surface area (Å²) in [4.78, 5) is 2.38. The Labute approximate surface area is 122 Å². The maximum Gasteiger partial charge on any atom is 0.0606 e. The minimum Gasteiger partial charge on any atom is -0.395 e. The van der Waals surface area contributed by atoms with E-state index >= 15 is 0 Å². The summed E-state index contributed by atoms with van der Waals surface area (Å²) < 4.78 is 0. The molecule has 0 aromatic heterocycles. The summed E-state index contributed by atoms with van der Waals surface area (Å²) in [5, 5.41) is 9.35. The highest BCUT2D eigenvalue weighted by molar-refractivity contribution is 5.49. The van der Waals surface area contributed by atoms with Gasteiger partial charge in [0.15, 0.2) is 0 Å². The molecule has 0 spiro atoms. The van der Waals surface area contributed by atoms with Crippen LogP contribution in [0, 0.1) is 0 Å². The van der Waals surface area contributed by atoms with Gasteiger partial charge in [0.25, 0.3) is 0 Å². The predicted molar refractivity (Wildman–Crippen MR) is 85.0 cm³/mol. The quantitative estimate of drug-likeness (QED) is 0.838. The van der Waals surface area contributed by atoms with Gasteiger partial charge >= 0.3 is 0 Å². The first-order valence-corrected chi connectivity index (χ1v) is 7.99. The molecule has 1 aliphatic rings. The van der Waals surface area contributed by atoms with E-state index in [1.54, 1.807) is 0 Å². The zero-order valence-electron chi connectivity index (χ0n) is 12.6. The molecule has 1 aromatic rings. The number of hydrogen-bond acceptors (Lipinski definition) is 3. The lowest BCUT2D eigenvalue weighted by molar-refractivity contribution is 0.290. The fraction of sp³-hybridized carbons (Fsp3) is 0.647. The van der Waals surface area contributed by atoms with Crippen LogP contribution >= 0.6 is 0 Å². The number of aliphatic hydroxyl groups excluding tert-OH is 1. The van der Waals surface area contributed by atoms with Crippen molar-refractivity contribution in [3.05, 3.63) is 29.8 Å². The van der Waals surface area contributed by atoms with Gasteiger partial charge in [-0.15, -0.1) is 0 Å². The standard InChI is InChI=1S/C17H28N2O/c1-2-17(18)14-8-10-16(11-9-14)19(12-13-20)15-6-4-3-5-7-15/h8-11,15,17,20H,2-7,12-13,18H2,1H3/t17-/m1/s1. The largest absolute Gasteiger partial charge is 0.395 e. The van der Waals surface area contributed by atoms with Crippen LogP contribution in [0.3, 0.4) is 0 Å². The Morgan fingerprint density at radius 1 is 1.20 bits per heavy atom. The van der Waals surface area contributed by atoms with E-state index in [4.69, 9.17) is 5.73 Å². The number of benzene rings is 1. The molecule has 0 aliphatic heterocycles. The highest BCUT2D eigenvalue weighted by Crippen LogP contribution is 2.28. The smallest absolute Gasteiger partial charge is 0.0606 e. The van der Waals surface area contributed by atoms with Crippen LogP contribution in [0.2, 0.25) is 0 Å². The summed E-state index contributed by atoms with van der Waals surface area (Å²) in [5.74, 6) is 0. The lowest BCUT2D eigenvalue weighted by Gasteiger charge is -2.36. The molecular weight excluding hydrogens is 248 g/mol. The Bertz CT molecular complexity index is 384. The van der Waals surface area contributed by atoms with Gasteiger partial charge in [-0.1, -0.05) is 38.3 Å². The normalized spacial score (nSPS) is 17.9. The number of nitrogens with two attached hydrogens (primary N) is 1. The van der Waals surface area contributed by atoms with E-state index in [2.05, 4.69) is 36.1 Å². The summed E-state index contributed by atoms with van der Waals surface area (Å²) >= 11 is 0. The second-order valence-corrected chi connectivity index (χ2v) is 5.82. The highest BCUT2D eigenvalue weighted by atomic mass is 16.3. The molecule has 1 saturated carbocycles. The first-order chi connectivity index (χ1) is 9.76. The maximum atomic E-state index is 9.35. The van der Waals surface area contributed by atoms with Crippen LogP contribution in [-0.4, -0.2) is 24.3 Å². The molecule has 1 atom stereocenters. The van der Waals surface area contributed by atoms with E-state index in [0.29, 0.717) is 6.04 Å². The first-order valence-electron chi connectivity index (χ1n) is 7.99. The molecule has 0 amide bonds. The molecule has 0 unspecified atom stereocenters. The Morgan fingerprint density at radius 2 is 1.85 bits per heavy atom. The van der Waals surface area contributed by atoms with Crippen LogP contribution in [0.5, 0.6) is 0 Å². The predicted octanol–water partition coefficient (Wildman–Crippen LogP) is 3.23. The lowest BCUT2D eigenvalue weighted by Crippen LogP contribution is -2.38. The van der Waals surface area contributed by atoms with Gasteiger partial charge in [0.1, 0.15) is 0 Å². The number of aliphatic hydroxyl groups is 1. The Morgan fingerprint density at radius 3 is 2.40 bits per heavy atom. The van der Waals surface area contributed by atoms with E-state index < -0.39 is 0 Å². The number of rotatable bonds is 6. The molecule has 20 heavy (non-hydrogen) atoms. The molecule has 0 radical (unpaired) electrons. The summed E-state index contributed by atoms with van der Waals surface area (Å²) in [6.07, 6.45) is 7.43. The van der Waals surface area contributed by atoms with E-state index in [-0.39, 0.29) is 12.6 Å². The Kier molecular flexibility index (Phi) is 5.86. The zero-order chi connectivity index (χ0) is 14.4.